The third kappa shape index (κ3) is 2.80. The molecule has 0 fully saturated rings. The van der Waals surface area contributed by atoms with E-state index in [4.69, 9.17) is 10.5 Å². The molecule has 19 heavy (non-hydrogen) atoms. The van der Waals surface area contributed by atoms with Crippen LogP contribution in [0.4, 0.5) is 0 Å². The lowest BCUT2D eigenvalue weighted by atomic mass is 10.0. The minimum atomic E-state index is 0.0906. The Kier molecular flexibility index (Phi) is 3.61. The summed E-state index contributed by atoms with van der Waals surface area (Å²) in [5.74, 6) is 0.217. The van der Waals surface area contributed by atoms with E-state index in [0.29, 0.717) is 5.57 Å². The first-order chi connectivity index (χ1) is 9.24. The van der Waals surface area contributed by atoms with Crippen LogP contribution in [-0.2, 0) is 0 Å². The zero-order valence-electron chi connectivity index (χ0n) is 10.0. The minimum Gasteiger partial charge on any atom is -0.508 e. The van der Waals surface area contributed by atoms with Crippen LogP contribution < -0.4 is 0 Å². The topological polar surface area (TPSA) is 67.8 Å². The molecular weight excluding hydrogens is 236 g/mol. The van der Waals surface area contributed by atoms with Crippen LogP contribution in [0.25, 0.3) is 5.57 Å². The molecule has 1 N–H and O–H groups in total. The van der Waals surface area contributed by atoms with Crippen LogP contribution in [0.5, 0.6) is 5.75 Å². The number of hydrogen-bond donors (Lipinski definition) is 1. The molecular formula is C16H10N2O. The first kappa shape index (κ1) is 12.4. The van der Waals surface area contributed by atoms with Crippen molar-refractivity contribution in [3.63, 3.8) is 0 Å². The Hall–Kier alpha value is -3.04. The molecule has 0 saturated carbocycles. The lowest BCUT2D eigenvalue weighted by Gasteiger charge is -2.01. The van der Waals surface area contributed by atoms with Crippen molar-refractivity contribution in [1.82, 2.24) is 0 Å². The fourth-order valence-corrected chi connectivity index (χ4v) is 1.71. The van der Waals surface area contributed by atoms with E-state index in [0.717, 1.165) is 11.1 Å². The van der Waals surface area contributed by atoms with Crippen molar-refractivity contribution in [2.45, 2.75) is 0 Å². The van der Waals surface area contributed by atoms with Gasteiger partial charge in [-0.25, -0.2) is 0 Å². The number of benzene rings is 1. The maximum absolute atomic E-state index is 9.26. The summed E-state index contributed by atoms with van der Waals surface area (Å²) < 4.78 is 0. The molecule has 0 aliphatic heterocycles. The van der Waals surface area contributed by atoms with Crippen LogP contribution >= 0.6 is 0 Å². The van der Waals surface area contributed by atoms with Crippen molar-refractivity contribution < 1.29 is 5.11 Å². The van der Waals surface area contributed by atoms with Gasteiger partial charge in [0.2, 0.25) is 0 Å². The molecule has 1 aromatic rings. The quantitative estimate of drug-likeness (QED) is 0.773. The molecule has 90 valence electrons. The van der Waals surface area contributed by atoms with Gasteiger partial charge in [-0.2, -0.15) is 10.5 Å². The molecule has 0 unspecified atom stereocenters. The highest BCUT2D eigenvalue weighted by atomic mass is 16.3. The Morgan fingerprint density at radius 1 is 0.947 bits per heavy atom. The van der Waals surface area contributed by atoms with Crippen LogP contribution in [0.1, 0.15) is 5.56 Å². The standard InChI is InChI=1S/C16H10N2O/c17-10-15(11-18)13-3-1-2-12(4-5-13)14-6-8-16(19)9-7-14/h1-9,19H. The second-order valence-corrected chi connectivity index (χ2v) is 3.92. The van der Waals surface area contributed by atoms with Gasteiger partial charge < -0.3 is 5.11 Å². The van der Waals surface area contributed by atoms with Crippen molar-refractivity contribution in [2.24, 2.45) is 0 Å². The average Bonchev–Trinajstić information content (AvgIpc) is 2.67. The summed E-state index contributed by atoms with van der Waals surface area (Å²) in [5, 5.41) is 26.9. The highest BCUT2D eigenvalue weighted by molar-refractivity contribution is 5.77. The van der Waals surface area contributed by atoms with E-state index in [-0.39, 0.29) is 11.3 Å². The Labute approximate surface area is 111 Å². The van der Waals surface area contributed by atoms with Gasteiger partial charge in [0, 0.05) is 5.57 Å². The van der Waals surface area contributed by atoms with Gasteiger partial charge >= 0.3 is 0 Å². The van der Waals surface area contributed by atoms with Crippen molar-refractivity contribution >= 4 is 5.57 Å². The molecule has 3 nitrogen and oxygen atoms in total. The number of phenolic OH excluding ortho intramolecular Hbond substituents is 1. The molecule has 0 spiro atoms. The molecule has 0 bridgehead atoms. The number of rotatable bonds is 1. The molecule has 0 amide bonds. The summed E-state index contributed by atoms with van der Waals surface area (Å²) in [5.41, 5.74) is 2.58. The number of aromatic hydroxyl groups is 1. The molecule has 1 aromatic carbocycles. The predicted octanol–water partition coefficient (Wildman–Crippen LogP) is 3.25. The summed E-state index contributed by atoms with van der Waals surface area (Å²) >= 11 is 0. The maximum atomic E-state index is 9.26. The number of allylic oxidation sites excluding steroid dienone is 8. The number of hydrogen-bond acceptors (Lipinski definition) is 3. The SMILES string of the molecule is N#CC(C#N)=C1C=CC=C(c2ccc(O)cc2)C=C1. The molecule has 2 rings (SSSR count). The summed E-state index contributed by atoms with van der Waals surface area (Å²) in [6.07, 6.45) is 9.00. The lowest BCUT2D eigenvalue weighted by Crippen LogP contribution is -1.81. The van der Waals surface area contributed by atoms with Crippen LogP contribution in [0.2, 0.25) is 0 Å². The van der Waals surface area contributed by atoms with Gasteiger partial charge in [0.05, 0.1) is 0 Å². The fraction of sp³-hybridized carbons (Fsp3) is 0. The number of phenols is 1. The monoisotopic (exact) mass is 246 g/mol. The molecule has 0 heterocycles. The van der Waals surface area contributed by atoms with Crippen LogP contribution in [0.15, 0.2) is 65.8 Å². The summed E-state index contributed by atoms with van der Waals surface area (Å²) in [7, 11) is 0. The summed E-state index contributed by atoms with van der Waals surface area (Å²) in [6, 6.07) is 10.6. The summed E-state index contributed by atoms with van der Waals surface area (Å²) in [4.78, 5) is 0. The Bertz CT molecular complexity index is 674. The van der Waals surface area contributed by atoms with Crippen LogP contribution in [0, 0.1) is 22.7 Å². The summed E-state index contributed by atoms with van der Waals surface area (Å²) in [6.45, 7) is 0. The smallest absolute Gasteiger partial charge is 0.136 e. The number of nitriles is 2. The molecule has 3 heteroatoms. The van der Waals surface area contributed by atoms with E-state index in [1.807, 2.05) is 36.4 Å². The molecule has 0 aromatic heterocycles. The van der Waals surface area contributed by atoms with E-state index in [9.17, 15) is 5.11 Å². The molecule has 0 radical (unpaired) electrons. The Morgan fingerprint density at radius 3 is 2.26 bits per heavy atom. The molecule has 1 aliphatic carbocycles. The van der Waals surface area contributed by atoms with Crippen molar-refractivity contribution in [3.8, 4) is 17.9 Å². The third-order valence-corrected chi connectivity index (χ3v) is 2.71. The van der Waals surface area contributed by atoms with E-state index in [1.54, 1.807) is 30.4 Å². The zero-order chi connectivity index (χ0) is 13.7. The Balaban J connectivity index is 2.37. The molecule has 1 aliphatic rings. The normalized spacial score (nSPS) is 13.2. The second-order valence-electron chi connectivity index (χ2n) is 3.92. The van der Waals surface area contributed by atoms with Gasteiger partial charge in [-0.05, 0) is 23.3 Å². The van der Waals surface area contributed by atoms with Gasteiger partial charge in [0.1, 0.15) is 23.5 Å². The van der Waals surface area contributed by atoms with Crippen molar-refractivity contribution in [2.75, 3.05) is 0 Å². The van der Waals surface area contributed by atoms with Crippen molar-refractivity contribution in [1.29, 1.82) is 10.5 Å². The zero-order valence-corrected chi connectivity index (χ0v) is 10.0. The average molecular weight is 246 g/mol. The maximum Gasteiger partial charge on any atom is 0.136 e. The van der Waals surface area contributed by atoms with Crippen LogP contribution in [-0.4, -0.2) is 5.11 Å². The van der Waals surface area contributed by atoms with Gasteiger partial charge in [-0.1, -0.05) is 42.5 Å². The molecule has 0 atom stereocenters. The van der Waals surface area contributed by atoms with E-state index in [2.05, 4.69) is 0 Å². The number of nitrogens with zero attached hydrogens (tertiary/aromatic N) is 2. The largest absolute Gasteiger partial charge is 0.508 e. The second kappa shape index (κ2) is 5.53. The molecule has 0 saturated heterocycles. The minimum absolute atomic E-state index is 0.0906. The van der Waals surface area contributed by atoms with E-state index in [1.165, 1.54) is 0 Å². The van der Waals surface area contributed by atoms with Gasteiger partial charge in [-0.3, -0.25) is 0 Å². The fourth-order valence-electron chi connectivity index (χ4n) is 1.71. The first-order valence-corrected chi connectivity index (χ1v) is 5.65. The van der Waals surface area contributed by atoms with Crippen LogP contribution in [0.3, 0.4) is 0 Å². The van der Waals surface area contributed by atoms with Crippen molar-refractivity contribution in [3.05, 3.63) is 71.4 Å². The van der Waals surface area contributed by atoms with Gasteiger partial charge in [-0.15, -0.1) is 0 Å². The highest BCUT2D eigenvalue weighted by Gasteiger charge is 2.03. The highest BCUT2D eigenvalue weighted by Crippen LogP contribution is 2.22. The Morgan fingerprint density at radius 2 is 1.63 bits per heavy atom. The third-order valence-electron chi connectivity index (χ3n) is 2.71. The van der Waals surface area contributed by atoms with Gasteiger partial charge in [0.15, 0.2) is 0 Å². The first-order valence-electron chi connectivity index (χ1n) is 5.65. The van der Waals surface area contributed by atoms with E-state index >= 15 is 0 Å². The van der Waals surface area contributed by atoms with E-state index < -0.39 is 0 Å². The predicted molar refractivity (Wildman–Crippen MR) is 72.6 cm³/mol. The lowest BCUT2D eigenvalue weighted by molar-refractivity contribution is 0.475. The van der Waals surface area contributed by atoms with Gasteiger partial charge in [0.25, 0.3) is 0 Å².